The molecule has 5 heteroatoms. The van der Waals surface area contributed by atoms with Crippen LogP contribution in [0.1, 0.15) is 12.8 Å². The van der Waals surface area contributed by atoms with Gasteiger partial charge in [0, 0.05) is 23.8 Å². The van der Waals surface area contributed by atoms with Crippen molar-refractivity contribution in [2.45, 2.75) is 12.8 Å². The van der Waals surface area contributed by atoms with E-state index in [1.165, 1.54) is 0 Å². The predicted molar refractivity (Wildman–Crippen MR) is 53.7 cm³/mol. The van der Waals surface area contributed by atoms with Gasteiger partial charge in [0.15, 0.2) is 0 Å². The third-order valence-electron chi connectivity index (χ3n) is 1.75. The Morgan fingerprint density at radius 1 is 1.20 bits per heavy atom. The van der Waals surface area contributed by atoms with E-state index < -0.39 is 5.97 Å². The summed E-state index contributed by atoms with van der Waals surface area (Å²) in [6.07, 6.45) is -0.368. The van der Waals surface area contributed by atoms with Gasteiger partial charge in [0.2, 0.25) is 5.91 Å². The first-order valence-electron chi connectivity index (χ1n) is 4.43. The number of carbonyl (C=O) groups excluding carboxylic acids is 2. The van der Waals surface area contributed by atoms with Gasteiger partial charge in [-0.15, -0.1) is 0 Å². The lowest BCUT2D eigenvalue weighted by Gasteiger charge is -2.05. The first-order chi connectivity index (χ1) is 7.08. The van der Waals surface area contributed by atoms with Gasteiger partial charge in [-0.3, -0.25) is 4.79 Å². The molecule has 0 fully saturated rings. The molecule has 0 aliphatic rings. The second-order valence-corrected chi connectivity index (χ2v) is 3.04. The van der Waals surface area contributed by atoms with E-state index in [1.807, 2.05) is 0 Å². The highest BCUT2D eigenvalue weighted by Crippen LogP contribution is 2.10. The largest absolute Gasteiger partial charge is 0.550 e. The summed E-state index contributed by atoms with van der Waals surface area (Å²) in [6.45, 7) is 0. The van der Waals surface area contributed by atoms with E-state index in [2.05, 4.69) is 5.32 Å². The lowest BCUT2D eigenvalue weighted by Crippen LogP contribution is -2.24. The van der Waals surface area contributed by atoms with Crippen LogP contribution in [0.3, 0.4) is 0 Å². The number of nitrogens with two attached hydrogens (primary N) is 1. The third-order valence-corrected chi connectivity index (χ3v) is 1.75. The molecule has 0 aromatic heterocycles. The van der Waals surface area contributed by atoms with Crippen LogP contribution in [0.5, 0.6) is 0 Å². The number of amides is 1. The van der Waals surface area contributed by atoms with Crippen molar-refractivity contribution in [1.82, 2.24) is 0 Å². The van der Waals surface area contributed by atoms with Gasteiger partial charge in [0.05, 0.1) is 0 Å². The summed E-state index contributed by atoms with van der Waals surface area (Å²) >= 11 is 0. The number of hydrogen-bond donors (Lipinski definition) is 2. The fourth-order valence-electron chi connectivity index (χ4n) is 1.01. The molecule has 15 heavy (non-hydrogen) atoms. The van der Waals surface area contributed by atoms with Crippen molar-refractivity contribution in [1.29, 1.82) is 0 Å². The summed E-state index contributed by atoms with van der Waals surface area (Å²) in [6, 6.07) is 6.58. The van der Waals surface area contributed by atoms with Crippen LogP contribution in [0.15, 0.2) is 24.3 Å². The van der Waals surface area contributed by atoms with Crippen molar-refractivity contribution in [3.05, 3.63) is 24.3 Å². The van der Waals surface area contributed by atoms with E-state index in [0.717, 1.165) is 0 Å². The molecule has 1 rings (SSSR count). The van der Waals surface area contributed by atoms with Gasteiger partial charge in [-0.05, 0) is 30.7 Å². The molecule has 80 valence electrons. The van der Waals surface area contributed by atoms with E-state index in [9.17, 15) is 14.7 Å². The second kappa shape index (κ2) is 4.99. The molecular weight excluding hydrogens is 196 g/mol. The van der Waals surface area contributed by atoms with Crippen LogP contribution in [0, 0.1) is 0 Å². The number of nitrogens with one attached hydrogen (secondary N) is 1. The van der Waals surface area contributed by atoms with E-state index >= 15 is 0 Å². The van der Waals surface area contributed by atoms with Gasteiger partial charge >= 0.3 is 0 Å². The molecule has 3 N–H and O–H groups in total. The smallest absolute Gasteiger partial charge is 0.224 e. The lowest BCUT2D eigenvalue weighted by molar-refractivity contribution is -0.305. The van der Waals surface area contributed by atoms with Crippen LogP contribution in [-0.2, 0) is 9.59 Å². The van der Waals surface area contributed by atoms with Crippen molar-refractivity contribution in [3.63, 3.8) is 0 Å². The van der Waals surface area contributed by atoms with Crippen molar-refractivity contribution in [2.24, 2.45) is 0 Å². The highest BCUT2D eigenvalue weighted by molar-refractivity contribution is 5.92. The zero-order valence-electron chi connectivity index (χ0n) is 8.03. The minimum Gasteiger partial charge on any atom is -0.550 e. The molecule has 0 aliphatic carbocycles. The molecule has 0 aliphatic heterocycles. The summed E-state index contributed by atoms with van der Waals surface area (Å²) < 4.78 is 0. The molecule has 0 saturated heterocycles. The Hall–Kier alpha value is -2.04. The summed E-state index contributed by atoms with van der Waals surface area (Å²) in [4.78, 5) is 21.3. The average Bonchev–Trinajstić information content (AvgIpc) is 2.19. The minimum absolute atomic E-state index is 0.0906. The standard InChI is InChI=1S/C10H12N2O3/c11-7-1-3-8(4-2-7)12-9(13)5-6-10(14)15/h1-4H,5-6,11H2,(H,12,13)(H,14,15)/p-1. The van der Waals surface area contributed by atoms with E-state index in [-0.39, 0.29) is 18.7 Å². The van der Waals surface area contributed by atoms with E-state index in [4.69, 9.17) is 5.73 Å². The van der Waals surface area contributed by atoms with Crippen molar-refractivity contribution in [2.75, 3.05) is 11.1 Å². The third kappa shape index (κ3) is 4.12. The van der Waals surface area contributed by atoms with Crippen LogP contribution in [0.4, 0.5) is 11.4 Å². The number of carboxylic acids is 1. The molecular formula is C10H11N2O3-. The summed E-state index contributed by atoms with van der Waals surface area (Å²) in [5.41, 5.74) is 6.65. The Kier molecular flexibility index (Phi) is 3.68. The van der Waals surface area contributed by atoms with Crippen LogP contribution in [0.25, 0.3) is 0 Å². The second-order valence-electron chi connectivity index (χ2n) is 3.04. The maximum absolute atomic E-state index is 11.2. The molecule has 5 nitrogen and oxygen atoms in total. The SMILES string of the molecule is Nc1ccc(NC(=O)CCC(=O)[O-])cc1. The number of nitrogen functional groups attached to an aromatic ring is 1. The van der Waals surface area contributed by atoms with Gasteiger partial charge in [-0.2, -0.15) is 0 Å². The molecule has 0 saturated carbocycles. The monoisotopic (exact) mass is 207 g/mol. The highest BCUT2D eigenvalue weighted by Gasteiger charge is 2.01. The number of rotatable bonds is 4. The summed E-state index contributed by atoms with van der Waals surface area (Å²) in [7, 11) is 0. The van der Waals surface area contributed by atoms with Crippen molar-refractivity contribution >= 4 is 23.3 Å². The molecule has 0 heterocycles. The molecule has 0 atom stereocenters. The van der Waals surface area contributed by atoms with E-state index in [0.29, 0.717) is 11.4 Å². The minimum atomic E-state index is -1.23. The lowest BCUT2D eigenvalue weighted by atomic mass is 10.2. The number of aliphatic carboxylic acids is 1. The number of anilines is 2. The number of hydrogen-bond acceptors (Lipinski definition) is 4. The Morgan fingerprint density at radius 3 is 2.33 bits per heavy atom. The Balaban J connectivity index is 2.44. The molecule has 0 radical (unpaired) electrons. The molecule has 1 aromatic rings. The molecule has 1 amide bonds. The molecule has 0 unspecified atom stereocenters. The molecule has 0 bridgehead atoms. The Morgan fingerprint density at radius 2 is 1.80 bits per heavy atom. The number of benzene rings is 1. The Labute approximate surface area is 86.9 Å². The van der Waals surface area contributed by atoms with Crippen LogP contribution in [0.2, 0.25) is 0 Å². The average molecular weight is 207 g/mol. The molecule has 0 spiro atoms. The maximum atomic E-state index is 11.2. The number of carboxylic acid groups (broad SMARTS) is 1. The predicted octanol–water partition coefficient (Wildman–Crippen LogP) is -0.263. The van der Waals surface area contributed by atoms with Gasteiger partial charge in [0.25, 0.3) is 0 Å². The van der Waals surface area contributed by atoms with Gasteiger partial charge < -0.3 is 21.0 Å². The maximum Gasteiger partial charge on any atom is 0.224 e. The highest BCUT2D eigenvalue weighted by atomic mass is 16.4. The van der Waals surface area contributed by atoms with Crippen LogP contribution < -0.4 is 16.2 Å². The van der Waals surface area contributed by atoms with Crippen LogP contribution >= 0.6 is 0 Å². The normalized spacial score (nSPS) is 9.60. The van der Waals surface area contributed by atoms with E-state index in [1.54, 1.807) is 24.3 Å². The summed E-state index contributed by atoms with van der Waals surface area (Å²) in [5.74, 6) is -1.59. The first kappa shape index (κ1) is 11.0. The van der Waals surface area contributed by atoms with Crippen LogP contribution in [-0.4, -0.2) is 11.9 Å². The van der Waals surface area contributed by atoms with Crippen molar-refractivity contribution < 1.29 is 14.7 Å². The summed E-state index contributed by atoms with van der Waals surface area (Å²) in [5, 5.41) is 12.6. The van der Waals surface area contributed by atoms with Gasteiger partial charge in [0.1, 0.15) is 0 Å². The Bertz CT molecular complexity index is 359. The fraction of sp³-hybridized carbons (Fsp3) is 0.200. The van der Waals surface area contributed by atoms with Crippen molar-refractivity contribution in [3.8, 4) is 0 Å². The van der Waals surface area contributed by atoms with Gasteiger partial charge in [-0.1, -0.05) is 0 Å². The molecule has 1 aromatic carbocycles. The topological polar surface area (TPSA) is 95.2 Å². The number of carbonyl (C=O) groups is 2. The fourth-order valence-corrected chi connectivity index (χ4v) is 1.01. The zero-order valence-corrected chi connectivity index (χ0v) is 8.03. The first-order valence-corrected chi connectivity index (χ1v) is 4.43. The quantitative estimate of drug-likeness (QED) is 0.665. The zero-order chi connectivity index (χ0) is 11.3. The van der Waals surface area contributed by atoms with Gasteiger partial charge in [-0.25, -0.2) is 0 Å².